The molecule has 0 aliphatic carbocycles. The molecule has 1 atom stereocenters. The smallest absolute Gasteiger partial charge is 0.337 e. The van der Waals surface area contributed by atoms with E-state index >= 15 is 0 Å². The number of benzene rings is 1. The SMILES string of the molecule is O=C(O)C(O)c1cccc(-n2ccnc2)c1. The first-order valence-electron chi connectivity index (χ1n) is 4.67. The Balaban J connectivity index is 2.37. The van der Waals surface area contributed by atoms with Gasteiger partial charge in [-0.1, -0.05) is 12.1 Å². The summed E-state index contributed by atoms with van der Waals surface area (Å²) in [5.74, 6) is -1.26. The van der Waals surface area contributed by atoms with Gasteiger partial charge in [-0.15, -0.1) is 0 Å². The summed E-state index contributed by atoms with van der Waals surface area (Å²) in [5.41, 5.74) is 1.11. The van der Waals surface area contributed by atoms with Crippen LogP contribution in [-0.2, 0) is 4.79 Å². The van der Waals surface area contributed by atoms with Gasteiger partial charge in [-0.05, 0) is 17.7 Å². The molecule has 2 aromatic rings. The molecule has 2 rings (SSSR count). The molecule has 1 heterocycles. The third-order valence-electron chi connectivity index (χ3n) is 2.22. The molecule has 82 valence electrons. The summed E-state index contributed by atoms with van der Waals surface area (Å²) < 4.78 is 1.73. The molecule has 1 aromatic carbocycles. The van der Waals surface area contributed by atoms with Gasteiger partial charge in [0.15, 0.2) is 6.10 Å². The van der Waals surface area contributed by atoms with E-state index in [0.717, 1.165) is 5.69 Å². The van der Waals surface area contributed by atoms with Gasteiger partial charge in [0.05, 0.1) is 6.33 Å². The number of imidazole rings is 1. The summed E-state index contributed by atoms with van der Waals surface area (Å²) in [6.07, 6.45) is 3.47. The molecule has 16 heavy (non-hydrogen) atoms. The second-order valence-electron chi connectivity index (χ2n) is 3.31. The highest BCUT2D eigenvalue weighted by Crippen LogP contribution is 2.17. The van der Waals surface area contributed by atoms with E-state index < -0.39 is 12.1 Å². The molecule has 0 radical (unpaired) electrons. The fraction of sp³-hybridized carbons (Fsp3) is 0.0909. The minimum atomic E-state index is -1.50. The van der Waals surface area contributed by atoms with Gasteiger partial charge in [-0.25, -0.2) is 9.78 Å². The van der Waals surface area contributed by atoms with Gasteiger partial charge in [-0.3, -0.25) is 0 Å². The van der Waals surface area contributed by atoms with Crippen LogP contribution in [0.4, 0.5) is 0 Å². The van der Waals surface area contributed by atoms with E-state index in [4.69, 9.17) is 5.11 Å². The van der Waals surface area contributed by atoms with Gasteiger partial charge in [0.2, 0.25) is 0 Å². The Labute approximate surface area is 91.6 Å². The Hall–Kier alpha value is -2.14. The molecule has 2 N–H and O–H groups in total. The van der Waals surface area contributed by atoms with Gasteiger partial charge in [0.25, 0.3) is 0 Å². The van der Waals surface area contributed by atoms with E-state index in [-0.39, 0.29) is 0 Å². The van der Waals surface area contributed by atoms with Crippen molar-refractivity contribution in [1.82, 2.24) is 9.55 Å². The van der Waals surface area contributed by atoms with Crippen molar-refractivity contribution in [2.75, 3.05) is 0 Å². The van der Waals surface area contributed by atoms with Gasteiger partial charge >= 0.3 is 5.97 Å². The van der Waals surface area contributed by atoms with Crippen LogP contribution < -0.4 is 0 Å². The fourth-order valence-corrected chi connectivity index (χ4v) is 1.41. The van der Waals surface area contributed by atoms with E-state index in [1.165, 1.54) is 0 Å². The molecule has 0 spiro atoms. The van der Waals surface area contributed by atoms with Gasteiger partial charge in [0, 0.05) is 18.1 Å². The average Bonchev–Trinajstić information content (AvgIpc) is 2.81. The number of hydrogen-bond donors (Lipinski definition) is 2. The number of rotatable bonds is 3. The zero-order chi connectivity index (χ0) is 11.5. The molecule has 0 amide bonds. The van der Waals surface area contributed by atoms with Crippen LogP contribution in [0.2, 0.25) is 0 Å². The largest absolute Gasteiger partial charge is 0.479 e. The number of aliphatic carboxylic acids is 1. The van der Waals surface area contributed by atoms with Crippen molar-refractivity contribution in [2.45, 2.75) is 6.10 Å². The molecule has 0 fully saturated rings. The van der Waals surface area contributed by atoms with Crippen LogP contribution in [0.3, 0.4) is 0 Å². The highest BCUT2D eigenvalue weighted by Gasteiger charge is 2.15. The van der Waals surface area contributed by atoms with Crippen molar-refractivity contribution in [2.24, 2.45) is 0 Å². The number of carboxylic acid groups (broad SMARTS) is 1. The van der Waals surface area contributed by atoms with Crippen molar-refractivity contribution < 1.29 is 15.0 Å². The van der Waals surface area contributed by atoms with Crippen LogP contribution in [0.5, 0.6) is 0 Å². The van der Waals surface area contributed by atoms with Crippen LogP contribution in [0.25, 0.3) is 5.69 Å². The number of nitrogens with zero attached hydrogens (tertiary/aromatic N) is 2. The first-order chi connectivity index (χ1) is 7.68. The number of aliphatic hydroxyl groups excluding tert-OH is 1. The molecule has 0 aliphatic heterocycles. The Bertz CT molecular complexity index is 494. The summed E-state index contributed by atoms with van der Waals surface area (Å²) >= 11 is 0. The lowest BCUT2D eigenvalue weighted by Gasteiger charge is -2.08. The molecule has 0 saturated carbocycles. The summed E-state index contributed by atoms with van der Waals surface area (Å²) in [7, 11) is 0. The van der Waals surface area contributed by atoms with Crippen LogP contribution >= 0.6 is 0 Å². The minimum absolute atomic E-state index is 0.346. The van der Waals surface area contributed by atoms with Crippen LogP contribution in [-0.4, -0.2) is 25.7 Å². The Kier molecular flexibility index (Phi) is 2.70. The van der Waals surface area contributed by atoms with Crippen LogP contribution in [0.15, 0.2) is 43.0 Å². The molecule has 1 unspecified atom stereocenters. The normalized spacial score (nSPS) is 12.3. The molecule has 0 bridgehead atoms. The van der Waals surface area contributed by atoms with Crippen LogP contribution in [0, 0.1) is 0 Å². The van der Waals surface area contributed by atoms with E-state index in [2.05, 4.69) is 4.98 Å². The lowest BCUT2D eigenvalue weighted by atomic mass is 10.1. The Morgan fingerprint density at radius 2 is 2.25 bits per heavy atom. The lowest BCUT2D eigenvalue weighted by Crippen LogP contribution is -2.10. The standard InChI is InChI=1S/C11H10N2O3/c14-10(11(15)16)8-2-1-3-9(6-8)13-5-4-12-7-13/h1-7,10,14H,(H,15,16). The van der Waals surface area contributed by atoms with E-state index in [9.17, 15) is 9.90 Å². The van der Waals surface area contributed by atoms with E-state index in [1.807, 2.05) is 0 Å². The van der Waals surface area contributed by atoms with Crippen molar-refractivity contribution in [3.05, 3.63) is 48.5 Å². The van der Waals surface area contributed by atoms with Gasteiger partial charge in [0.1, 0.15) is 0 Å². The number of aliphatic hydroxyl groups is 1. The quantitative estimate of drug-likeness (QED) is 0.805. The van der Waals surface area contributed by atoms with Crippen LogP contribution in [0.1, 0.15) is 11.7 Å². The summed E-state index contributed by atoms with van der Waals surface area (Å²) in [6.45, 7) is 0. The molecule has 5 heteroatoms. The molecule has 1 aromatic heterocycles. The average molecular weight is 218 g/mol. The number of carbonyl (C=O) groups is 1. The Morgan fingerprint density at radius 3 is 2.88 bits per heavy atom. The van der Waals surface area contributed by atoms with Crippen molar-refractivity contribution >= 4 is 5.97 Å². The van der Waals surface area contributed by atoms with Crippen molar-refractivity contribution in [3.63, 3.8) is 0 Å². The number of aromatic nitrogens is 2. The highest BCUT2D eigenvalue weighted by molar-refractivity contribution is 5.74. The monoisotopic (exact) mass is 218 g/mol. The second-order valence-corrected chi connectivity index (χ2v) is 3.31. The zero-order valence-electron chi connectivity index (χ0n) is 8.32. The second kappa shape index (κ2) is 4.16. The zero-order valence-corrected chi connectivity index (χ0v) is 8.32. The predicted molar refractivity (Wildman–Crippen MR) is 56.2 cm³/mol. The topological polar surface area (TPSA) is 75.3 Å². The first-order valence-corrected chi connectivity index (χ1v) is 4.67. The third-order valence-corrected chi connectivity index (χ3v) is 2.22. The molecule has 5 nitrogen and oxygen atoms in total. The Morgan fingerprint density at radius 1 is 1.44 bits per heavy atom. The molecular formula is C11H10N2O3. The lowest BCUT2D eigenvalue weighted by molar-refractivity contribution is -0.146. The van der Waals surface area contributed by atoms with Gasteiger partial charge < -0.3 is 14.8 Å². The predicted octanol–water partition coefficient (Wildman–Crippen LogP) is 0.990. The maximum absolute atomic E-state index is 10.6. The number of carboxylic acids is 1. The van der Waals surface area contributed by atoms with Gasteiger partial charge in [-0.2, -0.15) is 0 Å². The third kappa shape index (κ3) is 1.94. The minimum Gasteiger partial charge on any atom is -0.479 e. The number of hydrogen-bond acceptors (Lipinski definition) is 3. The van der Waals surface area contributed by atoms with Crippen molar-refractivity contribution in [1.29, 1.82) is 0 Å². The maximum Gasteiger partial charge on any atom is 0.337 e. The molecular weight excluding hydrogens is 208 g/mol. The molecule has 0 aliphatic rings. The fourth-order valence-electron chi connectivity index (χ4n) is 1.41. The highest BCUT2D eigenvalue weighted by atomic mass is 16.4. The summed E-state index contributed by atoms with van der Waals surface area (Å²) in [5, 5.41) is 18.1. The summed E-state index contributed by atoms with van der Waals surface area (Å²) in [6, 6.07) is 6.68. The van der Waals surface area contributed by atoms with E-state index in [1.54, 1.807) is 47.6 Å². The summed E-state index contributed by atoms with van der Waals surface area (Å²) in [4.78, 5) is 14.5. The molecule has 0 saturated heterocycles. The first kappa shape index (κ1) is 10.4. The van der Waals surface area contributed by atoms with Crippen molar-refractivity contribution in [3.8, 4) is 5.69 Å². The maximum atomic E-state index is 10.6. The van der Waals surface area contributed by atoms with E-state index in [0.29, 0.717) is 5.56 Å².